The average molecular weight is 208 g/mol. The molecule has 0 aliphatic carbocycles. The van der Waals surface area contributed by atoms with Crippen LogP contribution in [0.1, 0.15) is 32.4 Å². The summed E-state index contributed by atoms with van der Waals surface area (Å²) in [5, 5.41) is 12.6. The van der Waals surface area contributed by atoms with E-state index >= 15 is 0 Å². The first-order valence-corrected chi connectivity index (χ1v) is 5.42. The van der Waals surface area contributed by atoms with E-state index in [0.717, 1.165) is 0 Å². The summed E-state index contributed by atoms with van der Waals surface area (Å²) in [6, 6.07) is 4.26. The lowest BCUT2D eigenvalue weighted by Gasteiger charge is -2.23. The van der Waals surface area contributed by atoms with E-state index in [1.54, 1.807) is 13.1 Å². The number of hydrogen-bond donors (Lipinski definition) is 2. The molecule has 1 rings (SSSR count). The number of rotatable bonds is 5. The summed E-state index contributed by atoms with van der Waals surface area (Å²) in [5.74, 6) is 0.480. The lowest BCUT2D eigenvalue weighted by Crippen LogP contribution is -2.31. The fraction of sp³-hybridized carbons (Fsp3) is 0.583. The highest BCUT2D eigenvalue weighted by molar-refractivity contribution is 5.14. The third-order valence-electron chi connectivity index (χ3n) is 2.34. The van der Waals surface area contributed by atoms with Crippen molar-refractivity contribution in [2.45, 2.75) is 32.9 Å². The van der Waals surface area contributed by atoms with Crippen LogP contribution in [0.15, 0.2) is 24.5 Å². The molecule has 84 valence electrons. The number of pyridine rings is 1. The molecule has 1 aromatic rings. The minimum absolute atomic E-state index is 0.258. The molecular formula is C12H20N2O. The third kappa shape index (κ3) is 3.98. The molecule has 15 heavy (non-hydrogen) atoms. The van der Waals surface area contributed by atoms with E-state index in [1.165, 1.54) is 5.56 Å². The molecular weight excluding hydrogens is 188 g/mol. The van der Waals surface area contributed by atoms with Gasteiger partial charge in [-0.3, -0.25) is 4.98 Å². The van der Waals surface area contributed by atoms with Gasteiger partial charge in [0.05, 0.1) is 6.10 Å². The first-order chi connectivity index (χ1) is 7.11. The van der Waals surface area contributed by atoms with Crippen molar-refractivity contribution < 1.29 is 5.11 Å². The van der Waals surface area contributed by atoms with Crippen LogP contribution in [0, 0.1) is 5.92 Å². The maximum Gasteiger partial charge on any atom is 0.0636 e. The van der Waals surface area contributed by atoms with Crippen molar-refractivity contribution in [2.24, 2.45) is 5.92 Å². The van der Waals surface area contributed by atoms with Gasteiger partial charge in [-0.05, 0) is 24.5 Å². The van der Waals surface area contributed by atoms with Gasteiger partial charge in [0, 0.05) is 25.0 Å². The Bertz CT molecular complexity index is 272. The van der Waals surface area contributed by atoms with E-state index in [1.807, 2.05) is 12.3 Å². The van der Waals surface area contributed by atoms with Crippen molar-refractivity contribution in [1.82, 2.24) is 10.3 Å². The highest BCUT2D eigenvalue weighted by Gasteiger charge is 2.15. The van der Waals surface area contributed by atoms with Gasteiger partial charge in [0.1, 0.15) is 0 Å². The second-order valence-electron chi connectivity index (χ2n) is 4.27. The Morgan fingerprint density at radius 1 is 1.40 bits per heavy atom. The van der Waals surface area contributed by atoms with Crippen LogP contribution in [0.3, 0.4) is 0 Å². The van der Waals surface area contributed by atoms with E-state index in [-0.39, 0.29) is 12.1 Å². The quantitative estimate of drug-likeness (QED) is 0.775. The Morgan fingerprint density at radius 3 is 2.60 bits per heavy atom. The average Bonchev–Trinajstić information content (AvgIpc) is 2.18. The summed E-state index contributed by atoms with van der Waals surface area (Å²) in [7, 11) is 0. The molecule has 0 saturated carbocycles. The summed E-state index contributed by atoms with van der Waals surface area (Å²) in [5.41, 5.74) is 1.17. The van der Waals surface area contributed by atoms with Crippen LogP contribution in [-0.4, -0.2) is 22.7 Å². The molecule has 3 nitrogen and oxygen atoms in total. The third-order valence-corrected chi connectivity index (χ3v) is 2.34. The topological polar surface area (TPSA) is 45.1 Å². The van der Waals surface area contributed by atoms with E-state index in [2.05, 4.69) is 30.2 Å². The molecule has 0 aliphatic rings. The predicted octanol–water partition coefficient (Wildman–Crippen LogP) is 1.75. The van der Waals surface area contributed by atoms with Crippen LogP contribution in [0.5, 0.6) is 0 Å². The minimum atomic E-state index is -0.317. The zero-order valence-electron chi connectivity index (χ0n) is 9.64. The SMILES string of the molecule is CC(C)C(NC[C@@H](C)O)c1cccnc1. The molecule has 0 bridgehead atoms. The zero-order chi connectivity index (χ0) is 11.3. The number of nitrogens with one attached hydrogen (secondary N) is 1. The second kappa shape index (κ2) is 5.83. The van der Waals surface area contributed by atoms with Crippen LogP contribution in [0.4, 0.5) is 0 Å². The van der Waals surface area contributed by atoms with Crippen LogP contribution >= 0.6 is 0 Å². The number of nitrogens with zero attached hydrogens (tertiary/aromatic N) is 1. The Morgan fingerprint density at radius 2 is 2.13 bits per heavy atom. The largest absolute Gasteiger partial charge is 0.392 e. The zero-order valence-corrected chi connectivity index (χ0v) is 9.64. The molecule has 1 unspecified atom stereocenters. The van der Waals surface area contributed by atoms with Crippen molar-refractivity contribution in [3.63, 3.8) is 0 Å². The first-order valence-electron chi connectivity index (χ1n) is 5.42. The normalized spacial score (nSPS) is 15.3. The standard InChI is InChI=1S/C12H20N2O/c1-9(2)12(14-7-10(3)15)11-5-4-6-13-8-11/h4-6,8-10,12,14-15H,7H2,1-3H3/t10-,12?/m1/s1. The highest BCUT2D eigenvalue weighted by atomic mass is 16.3. The first kappa shape index (κ1) is 12.1. The van der Waals surface area contributed by atoms with Crippen molar-refractivity contribution >= 4 is 0 Å². The summed E-state index contributed by atoms with van der Waals surface area (Å²) in [4.78, 5) is 4.11. The number of aromatic nitrogens is 1. The van der Waals surface area contributed by atoms with Crippen molar-refractivity contribution in [3.05, 3.63) is 30.1 Å². The fourth-order valence-electron chi connectivity index (χ4n) is 1.60. The van der Waals surface area contributed by atoms with Gasteiger partial charge in [-0.15, -0.1) is 0 Å². The summed E-state index contributed by atoms with van der Waals surface area (Å²) >= 11 is 0. The smallest absolute Gasteiger partial charge is 0.0636 e. The van der Waals surface area contributed by atoms with Gasteiger partial charge in [0.25, 0.3) is 0 Å². The molecule has 0 saturated heterocycles. The molecule has 0 aliphatic heterocycles. The van der Waals surface area contributed by atoms with E-state index in [9.17, 15) is 5.11 Å². The maximum atomic E-state index is 9.25. The van der Waals surface area contributed by atoms with Crippen molar-refractivity contribution in [1.29, 1.82) is 0 Å². The molecule has 3 heteroatoms. The monoisotopic (exact) mass is 208 g/mol. The molecule has 0 fully saturated rings. The molecule has 0 spiro atoms. The van der Waals surface area contributed by atoms with Gasteiger partial charge in [0.2, 0.25) is 0 Å². The number of hydrogen-bond acceptors (Lipinski definition) is 3. The van der Waals surface area contributed by atoms with E-state index < -0.39 is 0 Å². The Balaban J connectivity index is 2.66. The highest BCUT2D eigenvalue weighted by Crippen LogP contribution is 2.20. The summed E-state index contributed by atoms with van der Waals surface area (Å²) < 4.78 is 0. The Labute approximate surface area is 91.5 Å². The summed E-state index contributed by atoms with van der Waals surface area (Å²) in [6.45, 7) is 6.71. The lowest BCUT2D eigenvalue weighted by molar-refractivity contribution is 0.181. The second-order valence-corrected chi connectivity index (χ2v) is 4.27. The van der Waals surface area contributed by atoms with Crippen molar-refractivity contribution in [3.8, 4) is 0 Å². The van der Waals surface area contributed by atoms with Crippen LogP contribution < -0.4 is 5.32 Å². The molecule has 0 radical (unpaired) electrons. The van der Waals surface area contributed by atoms with E-state index in [4.69, 9.17) is 0 Å². The van der Waals surface area contributed by atoms with Gasteiger partial charge in [-0.1, -0.05) is 19.9 Å². The molecule has 0 aromatic carbocycles. The molecule has 1 aromatic heterocycles. The van der Waals surface area contributed by atoms with Gasteiger partial charge in [-0.2, -0.15) is 0 Å². The van der Waals surface area contributed by atoms with E-state index in [0.29, 0.717) is 12.5 Å². The van der Waals surface area contributed by atoms with Crippen LogP contribution in [-0.2, 0) is 0 Å². The lowest BCUT2D eigenvalue weighted by atomic mass is 9.97. The minimum Gasteiger partial charge on any atom is -0.392 e. The van der Waals surface area contributed by atoms with Crippen LogP contribution in [0.2, 0.25) is 0 Å². The van der Waals surface area contributed by atoms with Crippen LogP contribution in [0.25, 0.3) is 0 Å². The van der Waals surface area contributed by atoms with Gasteiger partial charge >= 0.3 is 0 Å². The molecule has 0 amide bonds. The van der Waals surface area contributed by atoms with Gasteiger partial charge in [-0.25, -0.2) is 0 Å². The fourth-order valence-corrected chi connectivity index (χ4v) is 1.60. The summed E-state index contributed by atoms with van der Waals surface area (Å²) in [6.07, 6.45) is 3.33. The van der Waals surface area contributed by atoms with Gasteiger partial charge < -0.3 is 10.4 Å². The predicted molar refractivity (Wildman–Crippen MR) is 61.5 cm³/mol. The molecule has 2 atom stereocenters. The Hall–Kier alpha value is -0.930. The van der Waals surface area contributed by atoms with Crippen molar-refractivity contribution in [2.75, 3.05) is 6.54 Å². The maximum absolute atomic E-state index is 9.25. The molecule has 2 N–H and O–H groups in total. The number of aliphatic hydroxyl groups is 1. The molecule has 1 heterocycles. The van der Waals surface area contributed by atoms with Gasteiger partial charge in [0.15, 0.2) is 0 Å². The number of aliphatic hydroxyl groups excluding tert-OH is 1. The Kier molecular flexibility index (Phi) is 4.72.